The number of aromatic nitrogens is 4. The van der Waals surface area contributed by atoms with Crippen LogP contribution in [-0.2, 0) is 16.0 Å². The van der Waals surface area contributed by atoms with Crippen molar-refractivity contribution in [3.8, 4) is 0 Å². The van der Waals surface area contributed by atoms with E-state index >= 15 is 0 Å². The second kappa shape index (κ2) is 5.77. The fraction of sp³-hybridized carbons (Fsp3) is 0.571. The largest absolute Gasteiger partial charge is 0.376 e. The molecule has 1 aliphatic heterocycles. The van der Waals surface area contributed by atoms with Gasteiger partial charge in [0, 0.05) is 30.1 Å². The lowest BCUT2D eigenvalue weighted by Crippen LogP contribution is -2.33. The third-order valence-corrected chi connectivity index (χ3v) is 3.88. The van der Waals surface area contributed by atoms with Gasteiger partial charge in [0.05, 0.1) is 12.5 Å². The highest BCUT2D eigenvalue weighted by Gasteiger charge is 2.18. The van der Waals surface area contributed by atoms with Gasteiger partial charge < -0.3 is 10.1 Å². The molecule has 0 aromatic carbocycles. The molecule has 2 aromatic rings. The first kappa shape index (κ1) is 13.9. The molecule has 7 nitrogen and oxygen atoms in total. The van der Waals surface area contributed by atoms with Crippen molar-refractivity contribution >= 4 is 11.7 Å². The summed E-state index contributed by atoms with van der Waals surface area (Å²) >= 11 is 0. The van der Waals surface area contributed by atoms with Crippen LogP contribution >= 0.6 is 0 Å². The molecule has 1 amide bonds. The molecule has 0 aliphatic carbocycles. The van der Waals surface area contributed by atoms with Crippen molar-refractivity contribution in [3.63, 3.8) is 0 Å². The zero-order valence-corrected chi connectivity index (χ0v) is 12.3. The van der Waals surface area contributed by atoms with Crippen LogP contribution < -0.4 is 5.32 Å². The predicted molar refractivity (Wildman–Crippen MR) is 75.9 cm³/mol. The standard InChI is InChI=1S/C14H19N5O2/c1-9-12(10(2)19-14(18-9)16-8-17-19)6-13(20)15-7-11-4-3-5-21-11/h8,11H,3-7H2,1-2H3,(H,15,20)/t11-/m1/s1. The summed E-state index contributed by atoms with van der Waals surface area (Å²) in [7, 11) is 0. The van der Waals surface area contributed by atoms with Gasteiger partial charge in [-0.2, -0.15) is 10.1 Å². The minimum atomic E-state index is -0.0158. The highest BCUT2D eigenvalue weighted by Crippen LogP contribution is 2.14. The lowest BCUT2D eigenvalue weighted by atomic mass is 10.1. The number of carbonyl (C=O) groups is 1. The first-order valence-electron chi connectivity index (χ1n) is 7.19. The summed E-state index contributed by atoms with van der Waals surface area (Å²) in [4.78, 5) is 20.6. The van der Waals surface area contributed by atoms with Crippen molar-refractivity contribution in [3.05, 3.63) is 23.3 Å². The first-order chi connectivity index (χ1) is 10.1. The van der Waals surface area contributed by atoms with Crippen molar-refractivity contribution < 1.29 is 9.53 Å². The summed E-state index contributed by atoms with van der Waals surface area (Å²) < 4.78 is 7.16. The van der Waals surface area contributed by atoms with E-state index in [1.165, 1.54) is 6.33 Å². The summed E-state index contributed by atoms with van der Waals surface area (Å²) in [6, 6.07) is 0. The van der Waals surface area contributed by atoms with E-state index in [4.69, 9.17) is 4.74 Å². The third kappa shape index (κ3) is 2.87. The minimum Gasteiger partial charge on any atom is -0.376 e. The van der Waals surface area contributed by atoms with Crippen LogP contribution in [0.4, 0.5) is 0 Å². The SMILES string of the molecule is Cc1nc2ncnn2c(C)c1CC(=O)NC[C@H]1CCCO1. The molecule has 112 valence electrons. The number of hydrogen-bond acceptors (Lipinski definition) is 5. The maximum absolute atomic E-state index is 12.1. The molecule has 7 heteroatoms. The van der Waals surface area contributed by atoms with Gasteiger partial charge in [-0.15, -0.1) is 0 Å². The Hall–Kier alpha value is -2.02. The smallest absolute Gasteiger partial charge is 0.252 e. The lowest BCUT2D eigenvalue weighted by molar-refractivity contribution is -0.121. The van der Waals surface area contributed by atoms with Crippen LogP contribution in [0.3, 0.4) is 0 Å². The van der Waals surface area contributed by atoms with Crippen LogP contribution in [0.25, 0.3) is 5.78 Å². The average Bonchev–Trinajstić information content (AvgIpc) is 3.12. The summed E-state index contributed by atoms with van der Waals surface area (Å²) in [5.74, 6) is 0.548. The van der Waals surface area contributed by atoms with Gasteiger partial charge in [-0.25, -0.2) is 9.50 Å². The number of hydrogen-bond donors (Lipinski definition) is 1. The Balaban J connectivity index is 1.70. The number of fused-ring (bicyclic) bond motifs is 1. The van der Waals surface area contributed by atoms with E-state index < -0.39 is 0 Å². The van der Waals surface area contributed by atoms with Crippen molar-refractivity contribution in [1.29, 1.82) is 0 Å². The predicted octanol–water partition coefficient (Wildman–Crippen LogP) is 0.579. The van der Waals surface area contributed by atoms with E-state index in [0.717, 1.165) is 36.4 Å². The molecule has 3 heterocycles. The molecule has 0 spiro atoms. The molecule has 1 saturated heterocycles. The Kier molecular flexibility index (Phi) is 3.83. The van der Waals surface area contributed by atoms with Gasteiger partial charge in [-0.05, 0) is 26.7 Å². The Morgan fingerprint density at radius 2 is 2.38 bits per heavy atom. The van der Waals surface area contributed by atoms with Crippen LogP contribution in [0.15, 0.2) is 6.33 Å². The zero-order chi connectivity index (χ0) is 14.8. The topological polar surface area (TPSA) is 81.4 Å². The van der Waals surface area contributed by atoms with E-state index in [9.17, 15) is 4.79 Å². The van der Waals surface area contributed by atoms with E-state index in [2.05, 4.69) is 20.4 Å². The number of carbonyl (C=O) groups excluding carboxylic acids is 1. The summed E-state index contributed by atoms with van der Waals surface area (Å²) in [6.07, 6.45) is 4.02. The molecule has 21 heavy (non-hydrogen) atoms. The molecule has 3 rings (SSSR count). The Morgan fingerprint density at radius 3 is 3.14 bits per heavy atom. The molecule has 2 aromatic heterocycles. The number of nitrogens with one attached hydrogen (secondary N) is 1. The molecule has 1 fully saturated rings. The Labute approximate surface area is 122 Å². The second-order valence-corrected chi connectivity index (χ2v) is 5.35. The first-order valence-corrected chi connectivity index (χ1v) is 7.19. The third-order valence-electron chi connectivity index (χ3n) is 3.88. The average molecular weight is 289 g/mol. The van der Waals surface area contributed by atoms with E-state index in [1.807, 2.05) is 13.8 Å². The molecule has 0 unspecified atom stereocenters. The summed E-state index contributed by atoms with van der Waals surface area (Å²) in [5.41, 5.74) is 2.63. The summed E-state index contributed by atoms with van der Waals surface area (Å²) in [5, 5.41) is 7.06. The maximum Gasteiger partial charge on any atom is 0.252 e. The number of nitrogens with zero attached hydrogens (tertiary/aromatic N) is 4. The lowest BCUT2D eigenvalue weighted by Gasteiger charge is -2.13. The fourth-order valence-electron chi connectivity index (χ4n) is 2.67. The monoisotopic (exact) mass is 289 g/mol. The molecule has 1 atom stereocenters. The highest BCUT2D eigenvalue weighted by atomic mass is 16.5. The summed E-state index contributed by atoms with van der Waals surface area (Å²) in [6.45, 7) is 5.20. The maximum atomic E-state index is 12.1. The van der Waals surface area contributed by atoms with Crippen molar-refractivity contribution in [1.82, 2.24) is 24.9 Å². The van der Waals surface area contributed by atoms with Crippen LogP contribution in [0.5, 0.6) is 0 Å². The quantitative estimate of drug-likeness (QED) is 0.890. The number of rotatable bonds is 4. The Bertz CT molecular complexity index is 661. The normalized spacial score (nSPS) is 18.3. The van der Waals surface area contributed by atoms with Crippen LogP contribution in [0.2, 0.25) is 0 Å². The minimum absolute atomic E-state index is 0.0158. The van der Waals surface area contributed by atoms with Crippen molar-refractivity contribution in [2.75, 3.05) is 13.2 Å². The van der Waals surface area contributed by atoms with Gasteiger partial charge in [0.2, 0.25) is 5.91 Å². The molecule has 0 saturated carbocycles. The van der Waals surface area contributed by atoms with E-state index in [1.54, 1.807) is 4.52 Å². The van der Waals surface area contributed by atoms with Crippen molar-refractivity contribution in [2.24, 2.45) is 0 Å². The molecule has 1 N–H and O–H groups in total. The van der Waals surface area contributed by atoms with Crippen LogP contribution in [0, 0.1) is 13.8 Å². The van der Waals surface area contributed by atoms with Gasteiger partial charge in [0.15, 0.2) is 0 Å². The number of aryl methyl sites for hydroxylation is 2. The van der Waals surface area contributed by atoms with Gasteiger partial charge in [0.25, 0.3) is 5.78 Å². The van der Waals surface area contributed by atoms with Crippen molar-refractivity contribution in [2.45, 2.75) is 39.2 Å². The highest BCUT2D eigenvalue weighted by molar-refractivity contribution is 5.79. The van der Waals surface area contributed by atoms with Gasteiger partial charge in [-0.3, -0.25) is 4.79 Å². The number of ether oxygens (including phenoxy) is 1. The Morgan fingerprint density at radius 1 is 1.52 bits per heavy atom. The molecule has 0 radical (unpaired) electrons. The molecular weight excluding hydrogens is 270 g/mol. The van der Waals surface area contributed by atoms with E-state index in [0.29, 0.717) is 18.7 Å². The van der Waals surface area contributed by atoms with Gasteiger partial charge >= 0.3 is 0 Å². The molecule has 1 aliphatic rings. The molecule has 0 bridgehead atoms. The van der Waals surface area contributed by atoms with E-state index in [-0.39, 0.29) is 12.0 Å². The van der Waals surface area contributed by atoms with Crippen LogP contribution in [0.1, 0.15) is 29.8 Å². The van der Waals surface area contributed by atoms with Crippen LogP contribution in [-0.4, -0.2) is 44.7 Å². The second-order valence-electron chi connectivity index (χ2n) is 5.35. The van der Waals surface area contributed by atoms with Gasteiger partial charge in [0.1, 0.15) is 6.33 Å². The molecular formula is C14H19N5O2. The number of amides is 1. The fourth-order valence-corrected chi connectivity index (χ4v) is 2.67. The van der Waals surface area contributed by atoms with Gasteiger partial charge in [-0.1, -0.05) is 0 Å². The zero-order valence-electron chi connectivity index (χ0n) is 12.3.